The van der Waals surface area contributed by atoms with E-state index in [0.717, 1.165) is 48.2 Å². The van der Waals surface area contributed by atoms with Gasteiger partial charge in [-0.15, -0.1) is 0 Å². The standard InChI is InChI=1S/C26H33N7O2/c1-5-20-15-33(22-13-24(34)30(4)23-16-31(11-10-27)29-25(22)23)21(6-2)14-32(20)17(3)18-8-7-9-19(12-18)26(28)35/h7-9,12-13,16-17,20-21H,5-6,11,14-15H2,1-4H3,(H2,28,35)/t17?,20-,21+/m1/s1. The lowest BCUT2D eigenvalue weighted by atomic mass is 9.96. The van der Waals surface area contributed by atoms with Crippen LogP contribution in [0.4, 0.5) is 5.69 Å². The summed E-state index contributed by atoms with van der Waals surface area (Å²) in [7, 11) is 1.73. The maximum Gasteiger partial charge on any atom is 0.252 e. The number of piperazine rings is 1. The molecule has 0 bridgehead atoms. The number of nitrogens with two attached hydrogens (primary N) is 1. The second-order valence-electron chi connectivity index (χ2n) is 9.28. The number of nitrogens with zero attached hydrogens (tertiary/aromatic N) is 6. The maximum absolute atomic E-state index is 12.8. The van der Waals surface area contributed by atoms with Gasteiger partial charge in [0, 0.05) is 49.9 Å². The van der Waals surface area contributed by atoms with Crippen LogP contribution >= 0.6 is 0 Å². The Morgan fingerprint density at radius 2 is 1.97 bits per heavy atom. The van der Waals surface area contributed by atoms with E-state index >= 15 is 0 Å². The molecule has 0 saturated carbocycles. The average molecular weight is 476 g/mol. The lowest BCUT2D eigenvalue weighted by Crippen LogP contribution is -2.58. The van der Waals surface area contributed by atoms with E-state index in [1.807, 2.05) is 18.2 Å². The van der Waals surface area contributed by atoms with Gasteiger partial charge in [0.2, 0.25) is 5.91 Å². The molecule has 1 amide bonds. The van der Waals surface area contributed by atoms with E-state index < -0.39 is 5.91 Å². The number of benzene rings is 1. The summed E-state index contributed by atoms with van der Waals surface area (Å²) in [5.74, 6) is -0.423. The van der Waals surface area contributed by atoms with Gasteiger partial charge in [-0.2, -0.15) is 10.4 Å². The van der Waals surface area contributed by atoms with Gasteiger partial charge in [-0.3, -0.25) is 19.2 Å². The Morgan fingerprint density at radius 1 is 1.23 bits per heavy atom. The third-order valence-electron chi connectivity index (χ3n) is 7.31. The molecule has 2 N–H and O–H groups in total. The van der Waals surface area contributed by atoms with E-state index in [2.05, 4.69) is 41.7 Å². The van der Waals surface area contributed by atoms with Crippen molar-refractivity contribution in [2.24, 2.45) is 12.8 Å². The number of hydrogen-bond acceptors (Lipinski definition) is 6. The molecule has 3 aromatic rings. The van der Waals surface area contributed by atoms with Crippen LogP contribution in [-0.4, -0.2) is 50.3 Å². The minimum absolute atomic E-state index is 0.0917. The van der Waals surface area contributed by atoms with Crippen molar-refractivity contribution in [3.05, 3.63) is 58.0 Å². The molecule has 4 rings (SSSR count). The fourth-order valence-electron chi connectivity index (χ4n) is 5.21. The Kier molecular flexibility index (Phi) is 6.94. The van der Waals surface area contributed by atoms with Crippen molar-refractivity contribution in [1.29, 1.82) is 5.26 Å². The van der Waals surface area contributed by atoms with Gasteiger partial charge in [0.1, 0.15) is 12.1 Å². The minimum Gasteiger partial charge on any atom is -0.366 e. The number of amides is 1. The van der Waals surface area contributed by atoms with Crippen LogP contribution in [0, 0.1) is 11.3 Å². The Bertz CT molecular complexity index is 1340. The fourth-order valence-corrected chi connectivity index (χ4v) is 5.21. The van der Waals surface area contributed by atoms with Gasteiger partial charge >= 0.3 is 0 Å². The maximum atomic E-state index is 12.8. The zero-order valence-corrected chi connectivity index (χ0v) is 20.8. The summed E-state index contributed by atoms with van der Waals surface area (Å²) >= 11 is 0. The quantitative estimate of drug-likeness (QED) is 0.562. The smallest absolute Gasteiger partial charge is 0.252 e. The first-order chi connectivity index (χ1) is 16.8. The van der Waals surface area contributed by atoms with Crippen molar-refractivity contribution >= 4 is 22.6 Å². The Labute approximate surface area is 205 Å². The molecule has 1 aromatic carbocycles. The Morgan fingerprint density at radius 3 is 2.63 bits per heavy atom. The van der Waals surface area contributed by atoms with Crippen LogP contribution < -0.4 is 16.2 Å². The molecule has 1 fully saturated rings. The van der Waals surface area contributed by atoms with E-state index in [1.165, 1.54) is 0 Å². The molecule has 0 spiro atoms. The third kappa shape index (κ3) is 4.54. The van der Waals surface area contributed by atoms with Crippen LogP contribution in [0.3, 0.4) is 0 Å². The van der Waals surface area contributed by atoms with E-state index in [1.54, 1.807) is 34.6 Å². The first kappa shape index (κ1) is 24.5. The molecule has 184 valence electrons. The van der Waals surface area contributed by atoms with E-state index in [-0.39, 0.29) is 30.2 Å². The molecule has 3 atom stereocenters. The highest BCUT2D eigenvalue weighted by molar-refractivity contribution is 5.93. The molecule has 2 aromatic heterocycles. The molecule has 9 nitrogen and oxygen atoms in total. The van der Waals surface area contributed by atoms with Gasteiger partial charge < -0.3 is 15.2 Å². The first-order valence-electron chi connectivity index (χ1n) is 12.1. The van der Waals surface area contributed by atoms with E-state index in [9.17, 15) is 9.59 Å². The monoisotopic (exact) mass is 475 g/mol. The SMILES string of the molecule is CC[C@H]1CN(C(C)c2cccc(C(N)=O)c2)[C@H](CC)CN1c1cc(=O)n(C)c2cn(CC#N)nc12. The summed E-state index contributed by atoms with van der Waals surface area (Å²) in [4.78, 5) is 29.4. The summed E-state index contributed by atoms with van der Waals surface area (Å²) < 4.78 is 3.18. The summed E-state index contributed by atoms with van der Waals surface area (Å²) in [5.41, 5.74) is 9.30. The van der Waals surface area contributed by atoms with Crippen LogP contribution in [0.15, 0.2) is 41.3 Å². The molecule has 35 heavy (non-hydrogen) atoms. The number of nitriles is 1. The van der Waals surface area contributed by atoms with Gasteiger partial charge in [-0.25, -0.2) is 0 Å². The molecule has 1 aliphatic rings. The molecular weight excluding hydrogens is 442 g/mol. The zero-order chi connectivity index (χ0) is 25.3. The van der Waals surface area contributed by atoms with Gasteiger partial charge in [-0.05, 0) is 37.5 Å². The molecule has 1 aliphatic heterocycles. The number of rotatable bonds is 7. The van der Waals surface area contributed by atoms with Crippen LogP contribution in [0.5, 0.6) is 0 Å². The number of aryl methyl sites for hydroxylation is 1. The Hall–Kier alpha value is -3.64. The molecular formula is C26H33N7O2. The highest BCUT2D eigenvalue weighted by Gasteiger charge is 2.36. The van der Waals surface area contributed by atoms with Crippen LogP contribution in [0.2, 0.25) is 0 Å². The highest BCUT2D eigenvalue weighted by atomic mass is 16.1. The second kappa shape index (κ2) is 9.92. The molecule has 0 radical (unpaired) electrons. The summed E-state index contributed by atoms with van der Waals surface area (Å²) in [6.45, 7) is 8.20. The molecule has 9 heteroatoms. The van der Waals surface area contributed by atoms with Crippen LogP contribution in [0.25, 0.3) is 11.0 Å². The van der Waals surface area contributed by atoms with Crippen LogP contribution in [-0.2, 0) is 13.6 Å². The lowest BCUT2D eigenvalue weighted by Gasteiger charge is -2.49. The number of pyridine rings is 1. The number of carbonyl (C=O) groups excluding carboxylic acids is 1. The number of carbonyl (C=O) groups is 1. The summed E-state index contributed by atoms with van der Waals surface area (Å²) in [5, 5.41) is 13.8. The number of fused-ring (bicyclic) bond motifs is 1. The molecule has 1 unspecified atom stereocenters. The number of hydrogen-bond donors (Lipinski definition) is 1. The lowest BCUT2D eigenvalue weighted by molar-refractivity contribution is 0.0991. The van der Waals surface area contributed by atoms with Crippen molar-refractivity contribution in [3.63, 3.8) is 0 Å². The van der Waals surface area contributed by atoms with Gasteiger partial charge in [0.05, 0.1) is 23.5 Å². The largest absolute Gasteiger partial charge is 0.366 e. The van der Waals surface area contributed by atoms with Crippen LogP contribution in [0.1, 0.15) is 55.6 Å². The number of anilines is 1. The van der Waals surface area contributed by atoms with Gasteiger partial charge in [-0.1, -0.05) is 26.0 Å². The zero-order valence-electron chi connectivity index (χ0n) is 20.8. The molecule has 1 saturated heterocycles. The van der Waals surface area contributed by atoms with Gasteiger partial charge in [0.15, 0.2) is 0 Å². The number of primary amides is 1. The fraction of sp³-hybridized carbons (Fsp3) is 0.462. The van der Waals surface area contributed by atoms with Crippen molar-refractivity contribution in [2.45, 2.75) is 58.3 Å². The normalized spacial score (nSPS) is 19.6. The first-order valence-corrected chi connectivity index (χ1v) is 12.1. The molecule has 3 heterocycles. The van der Waals surface area contributed by atoms with Crippen molar-refractivity contribution in [3.8, 4) is 6.07 Å². The van der Waals surface area contributed by atoms with Crippen molar-refractivity contribution < 1.29 is 4.79 Å². The average Bonchev–Trinajstić information content (AvgIpc) is 3.29. The summed E-state index contributed by atoms with van der Waals surface area (Å²) in [6, 6.07) is 11.9. The van der Waals surface area contributed by atoms with Gasteiger partial charge in [0.25, 0.3) is 5.56 Å². The Balaban J connectivity index is 1.72. The van der Waals surface area contributed by atoms with E-state index in [0.29, 0.717) is 5.56 Å². The topological polar surface area (TPSA) is 113 Å². The highest BCUT2D eigenvalue weighted by Crippen LogP contribution is 2.34. The third-order valence-corrected chi connectivity index (χ3v) is 7.31. The van der Waals surface area contributed by atoms with E-state index in [4.69, 9.17) is 11.0 Å². The van der Waals surface area contributed by atoms with Crippen molar-refractivity contribution in [2.75, 3.05) is 18.0 Å². The second-order valence-corrected chi connectivity index (χ2v) is 9.28. The summed E-state index contributed by atoms with van der Waals surface area (Å²) in [6.07, 6.45) is 3.60. The predicted octanol–water partition coefficient (Wildman–Crippen LogP) is 2.80. The minimum atomic E-state index is -0.423. The molecule has 0 aliphatic carbocycles. The predicted molar refractivity (Wildman–Crippen MR) is 136 cm³/mol. The number of aromatic nitrogens is 3. The van der Waals surface area contributed by atoms with Crippen molar-refractivity contribution in [1.82, 2.24) is 19.2 Å².